The van der Waals surface area contributed by atoms with Crippen molar-refractivity contribution in [2.24, 2.45) is 0 Å². The minimum atomic E-state index is -1.40. The van der Waals surface area contributed by atoms with E-state index in [0.717, 1.165) is 0 Å². The van der Waals surface area contributed by atoms with Crippen molar-refractivity contribution in [3.8, 4) is 0 Å². The first-order valence-corrected chi connectivity index (χ1v) is 7.36. The van der Waals surface area contributed by atoms with Gasteiger partial charge in [0.1, 0.15) is 5.60 Å². The molecule has 1 atom stereocenters. The van der Waals surface area contributed by atoms with Crippen molar-refractivity contribution in [1.82, 2.24) is 5.32 Å². The van der Waals surface area contributed by atoms with Crippen LogP contribution in [0.5, 0.6) is 0 Å². The summed E-state index contributed by atoms with van der Waals surface area (Å²) in [4.78, 5) is 36.3. The molecule has 0 fully saturated rings. The van der Waals surface area contributed by atoms with Crippen molar-refractivity contribution in [3.63, 3.8) is 0 Å². The van der Waals surface area contributed by atoms with E-state index < -0.39 is 29.5 Å². The maximum atomic E-state index is 12.3. The summed E-state index contributed by atoms with van der Waals surface area (Å²) >= 11 is 1.19. The summed E-state index contributed by atoms with van der Waals surface area (Å²) in [6.45, 7) is 6.80. The smallest absolute Gasteiger partial charge is 0.408 e. The first-order chi connectivity index (χ1) is 9.74. The fraction of sp³-hybridized carbons (Fsp3) is 0.500. The van der Waals surface area contributed by atoms with E-state index >= 15 is 0 Å². The molecule has 1 N–H and O–H groups in total. The third-order valence-corrected chi connectivity index (χ3v) is 3.09. The number of ether oxygens (including phenoxy) is 2. The first-order valence-electron chi connectivity index (χ1n) is 6.48. The van der Waals surface area contributed by atoms with Crippen molar-refractivity contribution in [1.29, 1.82) is 0 Å². The predicted octanol–water partition coefficient (Wildman–Crippen LogP) is 2.39. The van der Waals surface area contributed by atoms with Gasteiger partial charge in [-0.2, -0.15) is 0 Å². The quantitative estimate of drug-likeness (QED) is 0.513. The third kappa shape index (κ3) is 5.55. The molecule has 116 valence electrons. The van der Waals surface area contributed by atoms with Gasteiger partial charge in [0, 0.05) is 0 Å². The van der Waals surface area contributed by atoms with E-state index in [0.29, 0.717) is 4.88 Å². The van der Waals surface area contributed by atoms with E-state index in [1.54, 1.807) is 45.2 Å². The molecular formula is C14H19NO5S. The zero-order chi connectivity index (χ0) is 16.0. The molecule has 0 saturated heterocycles. The van der Waals surface area contributed by atoms with Crippen molar-refractivity contribution < 1.29 is 23.9 Å². The van der Waals surface area contributed by atoms with Crippen molar-refractivity contribution >= 4 is 29.2 Å². The van der Waals surface area contributed by atoms with Gasteiger partial charge in [0.25, 0.3) is 0 Å². The fourth-order valence-corrected chi connectivity index (χ4v) is 2.14. The molecule has 1 aromatic rings. The molecule has 0 spiro atoms. The SMILES string of the molecule is CCOC(=O)C(NC(=O)OC(C)(C)C)C(=O)c1cccs1. The van der Waals surface area contributed by atoms with Gasteiger partial charge in [-0.25, -0.2) is 9.59 Å². The number of Topliss-reactive ketones (excluding diaryl/α,β-unsaturated/α-hetero) is 1. The van der Waals surface area contributed by atoms with E-state index in [1.807, 2.05) is 0 Å². The fourth-order valence-electron chi connectivity index (χ4n) is 1.44. The van der Waals surface area contributed by atoms with Crippen LogP contribution in [0.3, 0.4) is 0 Å². The van der Waals surface area contributed by atoms with Crippen LogP contribution < -0.4 is 5.32 Å². The average Bonchev–Trinajstić information content (AvgIpc) is 2.87. The molecule has 0 aliphatic rings. The van der Waals surface area contributed by atoms with Crippen molar-refractivity contribution in [2.45, 2.75) is 39.3 Å². The maximum absolute atomic E-state index is 12.3. The second-order valence-electron chi connectivity index (χ2n) is 5.17. The van der Waals surface area contributed by atoms with Crippen LogP contribution in [0.4, 0.5) is 4.79 Å². The van der Waals surface area contributed by atoms with Crippen LogP contribution in [0.1, 0.15) is 37.4 Å². The number of nitrogens with one attached hydrogen (secondary N) is 1. The van der Waals surface area contributed by atoms with E-state index in [-0.39, 0.29) is 6.61 Å². The largest absolute Gasteiger partial charge is 0.464 e. The van der Waals surface area contributed by atoms with E-state index in [4.69, 9.17) is 9.47 Å². The Hall–Kier alpha value is -1.89. The lowest BCUT2D eigenvalue weighted by atomic mass is 10.1. The number of hydrogen-bond donors (Lipinski definition) is 1. The van der Waals surface area contributed by atoms with Gasteiger partial charge in [0.2, 0.25) is 5.78 Å². The zero-order valence-electron chi connectivity index (χ0n) is 12.5. The average molecular weight is 313 g/mol. The molecule has 0 aliphatic heterocycles. The molecule has 1 amide bonds. The number of esters is 1. The molecule has 1 rings (SSSR count). The highest BCUT2D eigenvalue weighted by atomic mass is 32.1. The van der Waals surface area contributed by atoms with Crippen LogP contribution in [0.15, 0.2) is 17.5 Å². The van der Waals surface area contributed by atoms with Crippen LogP contribution >= 0.6 is 11.3 Å². The van der Waals surface area contributed by atoms with E-state index in [9.17, 15) is 14.4 Å². The summed E-state index contributed by atoms with van der Waals surface area (Å²) in [5.74, 6) is -1.32. The zero-order valence-corrected chi connectivity index (χ0v) is 13.3. The van der Waals surface area contributed by atoms with Crippen LogP contribution in [-0.4, -0.2) is 36.1 Å². The topological polar surface area (TPSA) is 81.7 Å². The number of thiophene rings is 1. The summed E-state index contributed by atoms with van der Waals surface area (Å²) in [6.07, 6.45) is -0.842. The minimum absolute atomic E-state index is 0.114. The third-order valence-electron chi connectivity index (χ3n) is 2.21. The van der Waals surface area contributed by atoms with E-state index in [1.165, 1.54) is 11.3 Å². The molecule has 7 heteroatoms. The van der Waals surface area contributed by atoms with Gasteiger partial charge in [0.15, 0.2) is 6.04 Å². The van der Waals surface area contributed by atoms with Crippen LogP contribution in [0, 0.1) is 0 Å². The molecule has 0 bridgehead atoms. The summed E-state index contributed by atoms with van der Waals surface area (Å²) in [5, 5.41) is 3.98. The van der Waals surface area contributed by atoms with Gasteiger partial charge in [-0.15, -0.1) is 11.3 Å². The second-order valence-corrected chi connectivity index (χ2v) is 6.12. The molecular weight excluding hydrogens is 294 g/mol. The van der Waals surface area contributed by atoms with Gasteiger partial charge in [-0.3, -0.25) is 4.79 Å². The number of ketones is 1. The molecule has 6 nitrogen and oxygen atoms in total. The number of carbonyl (C=O) groups is 3. The Balaban J connectivity index is 2.85. The van der Waals surface area contributed by atoms with Crippen LogP contribution in [-0.2, 0) is 14.3 Å². The van der Waals surface area contributed by atoms with Crippen molar-refractivity contribution in [3.05, 3.63) is 22.4 Å². The molecule has 1 heterocycles. The minimum Gasteiger partial charge on any atom is -0.464 e. The predicted molar refractivity (Wildman–Crippen MR) is 78.4 cm³/mol. The van der Waals surface area contributed by atoms with Crippen molar-refractivity contribution in [2.75, 3.05) is 6.61 Å². The Morgan fingerprint density at radius 2 is 2.00 bits per heavy atom. The Morgan fingerprint density at radius 3 is 2.48 bits per heavy atom. The van der Waals surface area contributed by atoms with Gasteiger partial charge in [-0.05, 0) is 39.1 Å². The highest BCUT2D eigenvalue weighted by molar-refractivity contribution is 7.12. The molecule has 0 saturated carbocycles. The lowest BCUT2D eigenvalue weighted by molar-refractivity contribution is -0.144. The summed E-state index contributed by atoms with van der Waals surface area (Å²) < 4.78 is 9.89. The number of alkyl carbamates (subject to hydrolysis) is 1. The molecule has 0 aromatic carbocycles. The van der Waals surface area contributed by atoms with Crippen LogP contribution in [0.25, 0.3) is 0 Å². The lowest BCUT2D eigenvalue weighted by Crippen LogP contribution is -2.48. The van der Waals surface area contributed by atoms with Gasteiger partial charge in [-0.1, -0.05) is 6.07 Å². The maximum Gasteiger partial charge on any atom is 0.408 e. The number of rotatable bonds is 5. The van der Waals surface area contributed by atoms with E-state index in [2.05, 4.69) is 5.32 Å². The number of amides is 1. The molecule has 1 aromatic heterocycles. The summed E-state index contributed by atoms with van der Waals surface area (Å²) in [5.41, 5.74) is -0.727. The summed E-state index contributed by atoms with van der Waals surface area (Å²) in [7, 11) is 0. The van der Waals surface area contributed by atoms with Crippen LogP contribution in [0.2, 0.25) is 0 Å². The highest BCUT2D eigenvalue weighted by Gasteiger charge is 2.32. The van der Waals surface area contributed by atoms with Gasteiger partial charge >= 0.3 is 12.1 Å². The first kappa shape index (κ1) is 17.2. The number of carbonyl (C=O) groups excluding carboxylic acids is 3. The normalized spacial score (nSPS) is 12.4. The monoisotopic (exact) mass is 313 g/mol. The van der Waals surface area contributed by atoms with Gasteiger partial charge < -0.3 is 14.8 Å². The molecule has 0 radical (unpaired) electrons. The Bertz CT molecular complexity index is 504. The Kier molecular flexibility index (Phi) is 5.90. The summed E-state index contributed by atoms with van der Waals surface area (Å²) in [6, 6.07) is 1.86. The standard InChI is InChI=1S/C14H19NO5S/c1-5-19-12(17)10(11(16)9-7-6-8-21-9)15-13(18)20-14(2,3)4/h6-8,10H,5H2,1-4H3,(H,15,18). The highest BCUT2D eigenvalue weighted by Crippen LogP contribution is 2.13. The molecule has 0 aliphatic carbocycles. The van der Waals surface area contributed by atoms with Gasteiger partial charge in [0.05, 0.1) is 11.5 Å². The number of hydrogen-bond acceptors (Lipinski definition) is 6. The Labute approximate surface area is 127 Å². The molecule has 1 unspecified atom stereocenters. The Morgan fingerprint density at radius 1 is 1.33 bits per heavy atom. The second kappa shape index (κ2) is 7.21. The lowest BCUT2D eigenvalue weighted by Gasteiger charge is -2.22. The molecule has 21 heavy (non-hydrogen) atoms.